The maximum absolute atomic E-state index is 13.2. The van der Waals surface area contributed by atoms with Gasteiger partial charge in [0.05, 0.1) is 17.8 Å². The molecular formula is C25H23ClN4O3. The van der Waals surface area contributed by atoms with Gasteiger partial charge in [0.25, 0.3) is 5.56 Å². The van der Waals surface area contributed by atoms with Gasteiger partial charge in [-0.1, -0.05) is 41.9 Å². The molecule has 8 heteroatoms. The fourth-order valence-corrected chi connectivity index (χ4v) is 4.57. The summed E-state index contributed by atoms with van der Waals surface area (Å²) in [5, 5.41) is 6.19. The van der Waals surface area contributed by atoms with Gasteiger partial charge in [-0.15, -0.1) is 0 Å². The molecule has 0 radical (unpaired) electrons. The van der Waals surface area contributed by atoms with E-state index < -0.39 is 0 Å². The van der Waals surface area contributed by atoms with Crippen LogP contribution in [0.2, 0.25) is 5.02 Å². The highest BCUT2D eigenvalue weighted by molar-refractivity contribution is 6.30. The predicted molar refractivity (Wildman–Crippen MR) is 125 cm³/mol. The first-order valence-electron chi connectivity index (χ1n) is 11.0. The number of fused-ring (bicyclic) bond motifs is 1. The molecule has 5 rings (SSSR count). The first-order valence-corrected chi connectivity index (χ1v) is 11.4. The Morgan fingerprint density at radius 3 is 2.88 bits per heavy atom. The molecule has 1 unspecified atom stereocenters. The number of oxazole rings is 1. The number of piperidine rings is 1. The van der Waals surface area contributed by atoms with E-state index in [1.807, 2.05) is 36.4 Å². The van der Waals surface area contributed by atoms with E-state index in [2.05, 4.69) is 10.1 Å². The van der Waals surface area contributed by atoms with Crippen LogP contribution in [0, 0.1) is 0 Å². The van der Waals surface area contributed by atoms with Crippen molar-refractivity contribution in [1.82, 2.24) is 19.7 Å². The number of benzene rings is 2. The quantitative estimate of drug-likeness (QED) is 0.439. The first kappa shape index (κ1) is 21.4. The summed E-state index contributed by atoms with van der Waals surface area (Å²) in [5.41, 5.74) is 0.762. The highest BCUT2D eigenvalue weighted by atomic mass is 35.5. The summed E-state index contributed by atoms with van der Waals surface area (Å²) in [6.45, 7) is 0.480. The van der Waals surface area contributed by atoms with E-state index in [1.165, 1.54) is 4.68 Å². The van der Waals surface area contributed by atoms with Crippen LogP contribution in [0.1, 0.15) is 42.5 Å². The van der Waals surface area contributed by atoms with Crippen molar-refractivity contribution in [3.05, 3.63) is 93.5 Å². The zero-order valence-corrected chi connectivity index (χ0v) is 18.7. The Bertz CT molecular complexity index is 1360. The number of hydrogen-bond acceptors (Lipinski definition) is 5. The molecular weight excluding hydrogens is 440 g/mol. The van der Waals surface area contributed by atoms with E-state index in [0.717, 1.165) is 36.0 Å². The molecule has 3 heterocycles. The van der Waals surface area contributed by atoms with Gasteiger partial charge < -0.3 is 9.32 Å². The molecule has 1 amide bonds. The summed E-state index contributed by atoms with van der Waals surface area (Å²) in [6.07, 6.45) is 6.55. The van der Waals surface area contributed by atoms with Crippen molar-refractivity contribution in [2.75, 3.05) is 6.54 Å². The van der Waals surface area contributed by atoms with Crippen LogP contribution in [0.5, 0.6) is 0 Å². The molecule has 2 aromatic carbocycles. The van der Waals surface area contributed by atoms with Crippen LogP contribution in [-0.2, 0) is 17.8 Å². The van der Waals surface area contributed by atoms with Crippen LogP contribution in [0.15, 0.2) is 70.1 Å². The lowest BCUT2D eigenvalue weighted by atomic mass is 10.0. The zero-order valence-electron chi connectivity index (χ0n) is 18.0. The zero-order chi connectivity index (χ0) is 22.8. The molecule has 7 nitrogen and oxygen atoms in total. The second kappa shape index (κ2) is 9.19. The number of amides is 1. The van der Waals surface area contributed by atoms with Gasteiger partial charge in [-0.3, -0.25) is 9.59 Å². The van der Waals surface area contributed by atoms with Gasteiger partial charge in [-0.25, -0.2) is 9.67 Å². The normalized spacial score (nSPS) is 16.3. The summed E-state index contributed by atoms with van der Waals surface area (Å²) in [6, 6.07) is 14.6. The largest absolute Gasteiger partial charge is 0.443 e. The molecule has 1 aliphatic heterocycles. The van der Waals surface area contributed by atoms with E-state index in [4.69, 9.17) is 16.0 Å². The van der Waals surface area contributed by atoms with Crippen LogP contribution in [-0.4, -0.2) is 32.1 Å². The van der Waals surface area contributed by atoms with Crippen LogP contribution < -0.4 is 5.56 Å². The fourth-order valence-electron chi connectivity index (χ4n) is 4.35. The molecule has 1 fully saturated rings. The van der Waals surface area contributed by atoms with Gasteiger partial charge in [0, 0.05) is 23.4 Å². The molecule has 0 N–H and O–H groups in total. The van der Waals surface area contributed by atoms with Crippen molar-refractivity contribution in [3.63, 3.8) is 0 Å². The summed E-state index contributed by atoms with van der Waals surface area (Å²) in [7, 11) is 0. The number of rotatable bonds is 5. The van der Waals surface area contributed by atoms with E-state index in [9.17, 15) is 9.59 Å². The standard InChI is InChI=1S/C25H23ClN4O3/c26-19-8-5-6-17(12-19)13-20-15-27-24(33-20)22-10-3-4-11-29(22)23(31)16-30-25(32)21-9-2-1-7-18(21)14-28-30/h1-2,5-9,12,14-15,22H,3-4,10-11,13,16H2. The molecule has 0 bridgehead atoms. The summed E-state index contributed by atoms with van der Waals surface area (Å²) in [5.74, 6) is 1.08. The number of likely N-dealkylation sites (tertiary alicyclic amines) is 1. The van der Waals surface area contributed by atoms with Crippen LogP contribution in [0.4, 0.5) is 0 Å². The number of aromatic nitrogens is 3. The molecule has 4 aromatic rings. The highest BCUT2D eigenvalue weighted by Gasteiger charge is 2.31. The minimum absolute atomic E-state index is 0.115. The van der Waals surface area contributed by atoms with E-state index >= 15 is 0 Å². The van der Waals surface area contributed by atoms with E-state index in [1.54, 1.807) is 29.4 Å². The lowest BCUT2D eigenvalue weighted by molar-refractivity contribution is -0.136. The Morgan fingerprint density at radius 1 is 1.12 bits per heavy atom. The average molecular weight is 463 g/mol. The average Bonchev–Trinajstić information content (AvgIpc) is 3.29. The molecule has 0 spiro atoms. The minimum Gasteiger partial charge on any atom is -0.443 e. The van der Waals surface area contributed by atoms with Gasteiger partial charge in [0.2, 0.25) is 11.8 Å². The molecule has 1 atom stereocenters. The number of halogens is 1. The molecule has 1 aliphatic rings. The van der Waals surface area contributed by atoms with Crippen LogP contribution in [0.3, 0.4) is 0 Å². The van der Waals surface area contributed by atoms with Gasteiger partial charge in [-0.2, -0.15) is 5.10 Å². The molecule has 33 heavy (non-hydrogen) atoms. The Morgan fingerprint density at radius 2 is 2.00 bits per heavy atom. The van der Waals surface area contributed by atoms with E-state index in [0.29, 0.717) is 29.3 Å². The second-order valence-electron chi connectivity index (χ2n) is 8.26. The smallest absolute Gasteiger partial charge is 0.275 e. The number of nitrogens with zero attached hydrogens (tertiary/aromatic N) is 4. The maximum atomic E-state index is 13.2. The predicted octanol–water partition coefficient (Wildman–Crippen LogP) is 4.38. The van der Waals surface area contributed by atoms with Crippen molar-refractivity contribution in [3.8, 4) is 0 Å². The van der Waals surface area contributed by atoms with Gasteiger partial charge in [0.15, 0.2) is 0 Å². The summed E-state index contributed by atoms with van der Waals surface area (Å²) in [4.78, 5) is 32.3. The van der Waals surface area contributed by atoms with Crippen LogP contribution in [0.25, 0.3) is 10.8 Å². The lowest BCUT2D eigenvalue weighted by Crippen LogP contribution is -2.42. The fraction of sp³-hybridized carbons (Fsp3) is 0.280. The topological polar surface area (TPSA) is 81.2 Å². The van der Waals surface area contributed by atoms with Crippen molar-refractivity contribution in [2.24, 2.45) is 0 Å². The molecule has 0 saturated carbocycles. The Hall–Kier alpha value is -3.45. The maximum Gasteiger partial charge on any atom is 0.275 e. The van der Waals surface area contributed by atoms with Crippen molar-refractivity contribution >= 4 is 28.3 Å². The second-order valence-corrected chi connectivity index (χ2v) is 8.70. The van der Waals surface area contributed by atoms with Crippen LogP contribution >= 0.6 is 11.6 Å². The summed E-state index contributed by atoms with van der Waals surface area (Å²) < 4.78 is 7.28. The molecule has 1 saturated heterocycles. The monoisotopic (exact) mass is 462 g/mol. The van der Waals surface area contributed by atoms with Gasteiger partial charge in [0.1, 0.15) is 18.3 Å². The molecule has 168 valence electrons. The van der Waals surface area contributed by atoms with Crippen molar-refractivity contribution in [1.29, 1.82) is 0 Å². The third kappa shape index (κ3) is 4.54. The first-order chi connectivity index (χ1) is 16.1. The number of carbonyl (C=O) groups excluding carboxylic acids is 1. The highest BCUT2D eigenvalue weighted by Crippen LogP contribution is 2.31. The molecule has 0 aliphatic carbocycles. The summed E-state index contributed by atoms with van der Waals surface area (Å²) >= 11 is 6.08. The molecule has 2 aromatic heterocycles. The Kier molecular flexibility index (Phi) is 5.96. The Balaban J connectivity index is 1.35. The van der Waals surface area contributed by atoms with Gasteiger partial charge >= 0.3 is 0 Å². The van der Waals surface area contributed by atoms with E-state index in [-0.39, 0.29) is 24.1 Å². The SMILES string of the molecule is O=C(Cn1ncc2ccccc2c1=O)N1CCCCC1c1ncc(Cc2cccc(Cl)c2)o1. The number of carbonyl (C=O) groups is 1. The third-order valence-corrected chi connectivity index (χ3v) is 6.23. The van der Waals surface area contributed by atoms with Crippen molar-refractivity contribution in [2.45, 2.75) is 38.3 Å². The Labute approximate surface area is 195 Å². The minimum atomic E-state index is -0.269. The third-order valence-electron chi connectivity index (χ3n) is 5.99. The van der Waals surface area contributed by atoms with Crippen molar-refractivity contribution < 1.29 is 9.21 Å². The number of hydrogen-bond donors (Lipinski definition) is 0. The lowest BCUT2D eigenvalue weighted by Gasteiger charge is -2.33. The van der Waals surface area contributed by atoms with Gasteiger partial charge in [-0.05, 0) is 43.0 Å².